The van der Waals surface area contributed by atoms with E-state index in [1.165, 1.54) is 28.2 Å². The Morgan fingerprint density at radius 3 is 2.56 bits per heavy atom. The van der Waals surface area contributed by atoms with E-state index >= 15 is 0 Å². The molecule has 0 aliphatic carbocycles. The van der Waals surface area contributed by atoms with Gasteiger partial charge in [0.05, 0.1) is 43.0 Å². The van der Waals surface area contributed by atoms with E-state index in [0.29, 0.717) is 33.3 Å². The van der Waals surface area contributed by atoms with Crippen molar-refractivity contribution in [3.8, 4) is 5.75 Å². The molecule has 0 spiro atoms. The van der Waals surface area contributed by atoms with Gasteiger partial charge in [0.15, 0.2) is 5.13 Å². The second-order valence-corrected chi connectivity index (χ2v) is 10.4. The van der Waals surface area contributed by atoms with Gasteiger partial charge in [0.2, 0.25) is 10.0 Å². The van der Waals surface area contributed by atoms with Crippen molar-refractivity contribution in [3.63, 3.8) is 0 Å². The monoisotopic (exact) mass is 512 g/mol. The van der Waals surface area contributed by atoms with E-state index in [1.54, 1.807) is 41.7 Å². The number of primary sulfonamides is 1. The van der Waals surface area contributed by atoms with Gasteiger partial charge in [0, 0.05) is 0 Å². The quantitative estimate of drug-likeness (QED) is 0.345. The number of para-hydroxylation sites is 2. The van der Waals surface area contributed by atoms with Gasteiger partial charge in [-0.15, -0.1) is 11.3 Å². The standard InChI is InChI=1S/C16H15N3O4S2.C7H5NS/c1-2-23-13-6-4-3-5-11(13)15(20)19-16-18-12-8-7-10(25(17,21)22)9-14(12)24-16;1-2-4-7-6(3-1)8-5-9-7/h3-9H,2H2,1H3,(H2,17,21,22)(H,18,19,20);1-5H. The highest BCUT2D eigenvalue weighted by molar-refractivity contribution is 7.89. The van der Waals surface area contributed by atoms with Gasteiger partial charge in [-0.3, -0.25) is 10.1 Å². The van der Waals surface area contributed by atoms with Crippen molar-refractivity contribution in [2.45, 2.75) is 11.8 Å². The third-order valence-corrected chi connectivity index (χ3v) is 7.23. The van der Waals surface area contributed by atoms with Gasteiger partial charge in [0.25, 0.3) is 5.91 Å². The lowest BCUT2D eigenvalue weighted by molar-refractivity contribution is 0.102. The fourth-order valence-corrected chi connectivity index (χ4v) is 5.23. The first kappa shape index (κ1) is 23.8. The number of thiazole rings is 2. The summed E-state index contributed by atoms with van der Waals surface area (Å²) in [7, 11) is -3.79. The average Bonchev–Trinajstić information content (AvgIpc) is 3.45. The van der Waals surface area contributed by atoms with Crippen LogP contribution in [0, 0.1) is 0 Å². The molecule has 174 valence electrons. The summed E-state index contributed by atoms with van der Waals surface area (Å²) in [5, 5.41) is 8.20. The molecule has 5 rings (SSSR count). The largest absolute Gasteiger partial charge is 0.493 e. The Morgan fingerprint density at radius 2 is 1.79 bits per heavy atom. The number of amides is 1. The molecule has 3 N–H and O–H groups in total. The molecule has 0 aliphatic heterocycles. The Kier molecular flexibility index (Phi) is 7.17. The van der Waals surface area contributed by atoms with Crippen LogP contribution >= 0.6 is 22.7 Å². The number of hydrogen-bond acceptors (Lipinski definition) is 8. The molecule has 34 heavy (non-hydrogen) atoms. The van der Waals surface area contributed by atoms with E-state index in [9.17, 15) is 13.2 Å². The predicted molar refractivity (Wildman–Crippen MR) is 136 cm³/mol. The third kappa shape index (κ3) is 5.57. The number of ether oxygens (including phenoxy) is 1. The molecule has 0 atom stereocenters. The van der Waals surface area contributed by atoms with Crippen LogP contribution in [0.15, 0.2) is 77.1 Å². The number of nitrogens with one attached hydrogen (secondary N) is 1. The van der Waals surface area contributed by atoms with Gasteiger partial charge in [0.1, 0.15) is 5.75 Å². The van der Waals surface area contributed by atoms with Crippen LogP contribution in [0.4, 0.5) is 5.13 Å². The summed E-state index contributed by atoms with van der Waals surface area (Å²) >= 11 is 2.84. The number of sulfonamides is 1. The summed E-state index contributed by atoms with van der Waals surface area (Å²) in [6.07, 6.45) is 0. The Morgan fingerprint density at radius 1 is 1.03 bits per heavy atom. The van der Waals surface area contributed by atoms with E-state index in [4.69, 9.17) is 9.88 Å². The summed E-state index contributed by atoms with van der Waals surface area (Å²) in [6.45, 7) is 2.28. The Labute approximate surface area is 204 Å². The third-order valence-electron chi connectivity index (χ3n) is 4.58. The van der Waals surface area contributed by atoms with Crippen LogP contribution < -0.4 is 15.2 Å². The molecule has 3 aromatic carbocycles. The molecule has 0 bridgehead atoms. The number of rotatable bonds is 5. The lowest BCUT2D eigenvalue weighted by Crippen LogP contribution is -2.13. The molecule has 2 heterocycles. The van der Waals surface area contributed by atoms with Crippen LogP contribution in [0.1, 0.15) is 17.3 Å². The minimum absolute atomic E-state index is 0.00298. The van der Waals surface area contributed by atoms with Crippen LogP contribution in [0.5, 0.6) is 5.75 Å². The van der Waals surface area contributed by atoms with Crippen molar-refractivity contribution in [1.29, 1.82) is 0 Å². The normalized spacial score (nSPS) is 11.1. The number of hydrogen-bond donors (Lipinski definition) is 2. The van der Waals surface area contributed by atoms with Gasteiger partial charge in [-0.05, 0) is 49.4 Å². The first-order valence-corrected chi connectivity index (χ1v) is 13.3. The number of aromatic nitrogens is 2. The maximum absolute atomic E-state index is 12.5. The first-order chi connectivity index (χ1) is 16.3. The Balaban J connectivity index is 0.000000252. The Bertz CT molecular complexity index is 1530. The molecule has 0 saturated carbocycles. The lowest BCUT2D eigenvalue weighted by Gasteiger charge is -2.08. The molecule has 0 saturated heterocycles. The first-order valence-electron chi connectivity index (χ1n) is 10.1. The summed E-state index contributed by atoms with van der Waals surface area (Å²) in [5.41, 5.74) is 3.94. The Hall–Kier alpha value is -3.38. The van der Waals surface area contributed by atoms with E-state index in [1.807, 2.05) is 30.6 Å². The molecule has 0 aliphatic rings. The van der Waals surface area contributed by atoms with E-state index < -0.39 is 10.0 Å². The highest BCUT2D eigenvalue weighted by Gasteiger charge is 2.15. The number of benzene rings is 3. The molecular weight excluding hydrogens is 492 g/mol. The highest BCUT2D eigenvalue weighted by atomic mass is 32.2. The van der Waals surface area contributed by atoms with Crippen LogP contribution in [0.25, 0.3) is 20.4 Å². The van der Waals surface area contributed by atoms with Crippen molar-refractivity contribution < 1.29 is 17.9 Å². The molecular formula is C23H20N4O4S3. The van der Waals surface area contributed by atoms with Gasteiger partial charge < -0.3 is 4.74 Å². The van der Waals surface area contributed by atoms with Crippen molar-refractivity contribution >= 4 is 64.2 Å². The molecule has 2 aromatic heterocycles. The summed E-state index contributed by atoms with van der Waals surface area (Å²) in [5.74, 6) is 0.134. The number of carbonyl (C=O) groups is 1. The number of nitrogens with zero attached hydrogens (tertiary/aromatic N) is 2. The molecule has 11 heteroatoms. The number of fused-ring (bicyclic) bond motifs is 2. The average molecular weight is 513 g/mol. The van der Waals surface area contributed by atoms with Crippen molar-refractivity contribution in [2.75, 3.05) is 11.9 Å². The SMILES string of the molecule is CCOc1ccccc1C(=O)Nc1nc2ccc(S(N)(=O)=O)cc2s1.c1ccc2scnc2c1. The van der Waals surface area contributed by atoms with Gasteiger partial charge in [-0.25, -0.2) is 23.5 Å². The molecule has 5 aromatic rings. The van der Waals surface area contributed by atoms with Crippen LogP contribution in [0.2, 0.25) is 0 Å². The zero-order chi connectivity index (χ0) is 24.1. The molecule has 0 radical (unpaired) electrons. The van der Waals surface area contributed by atoms with Crippen LogP contribution in [-0.4, -0.2) is 30.9 Å². The number of carbonyl (C=O) groups excluding carboxylic acids is 1. The minimum Gasteiger partial charge on any atom is -0.493 e. The molecule has 1 amide bonds. The summed E-state index contributed by atoms with van der Waals surface area (Å²) in [6, 6.07) is 19.4. The number of nitrogens with two attached hydrogens (primary N) is 1. The van der Waals surface area contributed by atoms with Crippen molar-refractivity contribution in [3.05, 3.63) is 77.8 Å². The minimum atomic E-state index is -3.79. The van der Waals surface area contributed by atoms with Crippen molar-refractivity contribution in [2.24, 2.45) is 5.14 Å². The zero-order valence-electron chi connectivity index (χ0n) is 18.0. The molecule has 8 nitrogen and oxygen atoms in total. The molecule has 0 unspecified atom stereocenters. The van der Waals surface area contributed by atoms with Gasteiger partial charge >= 0.3 is 0 Å². The van der Waals surface area contributed by atoms with Gasteiger partial charge in [-0.2, -0.15) is 0 Å². The highest BCUT2D eigenvalue weighted by Crippen LogP contribution is 2.29. The predicted octanol–water partition coefficient (Wildman–Crippen LogP) is 4.89. The second-order valence-electron chi connectivity index (χ2n) is 6.90. The maximum Gasteiger partial charge on any atom is 0.261 e. The number of anilines is 1. The van der Waals surface area contributed by atoms with E-state index in [0.717, 1.165) is 5.52 Å². The smallest absolute Gasteiger partial charge is 0.261 e. The lowest BCUT2D eigenvalue weighted by atomic mass is 10.2. The fourth-order valence-electron chi connectivity index (χ4n) is 3.04. The van der Waals surface area contributed by atoms with Crippen LogP contribution in [0.3, 0.4) is 0 Å². The summed E-state index contributed by atoms with van der Waals surface area (Å²) in [4.78, 5) is 20.9. The fraction of sp³-hybridized carbons (Fsp3) is 0.0870. The van der Waals surface area contributed by atoms with E-state index in [2.05, 4.69) is 21.4 Å². The topological polar surface area (TPSA) is 124 Å². The molecule has 0 fully saturated rings. The van der Waals surface area contributed by atoms with Crippen molar-refractivity contribution in [1.82, 2.24) is 9.97 Å². The summed E-state index contributed by atoms with van der Waals surface area (Å²) < 4.78 is 30.2. The van der Waals surface area contributed by atoms with E-state index in [-0.39, 0.29) is 10.8 Å². The van der Waals surface area contributed by atoms with Crippen LogP contribution in [-0.2, 0) is 10.0 Å². The zero-order valence-corrected chi connectivity index (χ0v) is 20.4. The maximum atomic E-state index is 12.5. The van der Waals surface area contributed by atoms with Gasteiger partial charge in [-0.1, -0.05) is 35.6 Å². The second kappa shape index (κ2) is 10.3.